The summed E-state index contributed by atoms with van der Waals surface area (Å²) in [6, 6.07) is 39.2. The molecule has 4 nitrogen and oxygen atoms in total. The number of para-hydroxylation sites is 1. The zero-order chi connectivity index (χ0) is 26.6. The van der Waals surface area contributed by atoms with Crippen LogP contribution in [0.3, 0.4) is 0 Å². The van der Waals surface area contributed by atoms with E-state index in [2.05, 4.69) is 96.3 Å². The Bertz CT molecular complexity index is 1650. The quantitative estimate of drug-likeness (QED) is 0.217. The summed E-state index contributed by atoms with van der Waals surface area (Å²) in [5.74, 6) is 1.55. The van der Waals surface area contributed by atoms with Crippen molar-refractivity contribution in [3.63, 3.8) is 0 Å². The fourth-order valence-corrected chi connectivity index (χ4v) is 5.15. The van der Waals surface area contributed by atoms with E-state index in [1.54, 1.807) is 0 Å². The molecule has 39 heavy (non-hydrogen) atoms. The average molecular weight is 508 g/mol. The number of imidazole rings is 1. The minimum Gasteiger partial charge on any atom is -0.457 e. The van der Waals surface area contributed by atoms with Crippen LogP contribution in [0.25, 0.3) is 16.9 Å². The van der Waals surface area contributed by atoms with E-state index in [4.69, 9.17) is 9.72 Å². The number of ether oxygens (including phenoxy) is 1. The van der Waals surface area contributed by atoms with Crippen LogP contribution in [0.15, 0.2) is 134 Å². The maximum atomic E-state index is 6.38. The van der Waals surface area contributed by atoms with Crippen LogP contribution >= 0.6 is 0 Å². The molecule has 0 aliphatic carbocycles. The lowest BCUT2D eigenvalue weighted by Crippen LogP contribution is -2.05. The third-order valence-electron chi connectivity index (χ3n) is 6.95. The third kappa shape index (κ3) is 5.23. The van der Waals surface area contributed by atoms with Crippen LogP contribution in [0, 0.1) is 13.8 Å². The van der Waals surface area contributed by atoms with E-state index in [9.17, 15) is 0 Å². The predicted molar refractivity (Wildman–Crippen MR) is 157 cm³/mol. The van der Waals surface area contributed by atoms with Gasteiger partial charge in [-0.15, -0.1) is 0 Å². The number of rotatable bonds is 7. The van der Waals surface area contributed by atoms with E-state index in [-0.39, 0.29) is 5.92 Å². The summed E-state index contributed by atoms with van der Waals surface area (Å²) in [4.78, 5) is 9.37. The molecule has 0 radical (unpaired) electrons. The van der Waals surface area contributed by atoms with Crippen molar-refractivity contribution in [2.45, 2.75) is 19.8 Å². The highest BCUT2D eigenvalue weighted by Crippen LogP contribution is 2.34. The molecule has 6 aromatic rings. The van der Waals surface area contributed by atoms with E-state index < -0.39 is 0 Å². The smallest absolute Gasteiger partial charge is 0.128 e. The Morgan fingerprint density at radius 3 is 2.10 bits per heavy atom. The van der Waals surface area contributed by atoms with Crippen LogP contribution in [0.1, 0.15) is 33.9 Å². The molecule has 0 fully saturated rings. The molecule has 0 bridgehead atoms. The lowest BCUT2D eigenvalue weighted by atomic mass is 9.88. The standard InChI is InChI=1S/C35H29N3O/c1-25-11-8-12-26(2)35(25)38-23-33(37-24-38)28-15-9-17-30(21-28)39-31-18-10-16-29(22-31)34(27-13-4-3-5-14-27)32-19-6-7-20-36-32/h3-24,34H,1-2H3. The van der Waals surface area contributed by atoms with Crippen LogP contribution in [-0.4, -0.2) is 14.5 Å². The fraction of sp³-hybridized carbons (Fsp3) is 0.0857. The van der Waals surface area contributed by atoms with Crippen molar-refractivity contribution in [1.29, 1.82) is 0 Å². The number of benzene rings is 4. The average Bonchev–Trinajstić information content (AvgIpc) is 3.45. The lowest BCUT2D eigenvalue weighted by Gasteiger charge is -2.18. The molecule has 0 N–H and O–H groups in total. The van der Waals surface area contributed by atoms with Crippen LogP contribution in [0.4, 0.5) is 0 Å². The molecule has 6 rings (SSSR count). The van der Waals surface area contributed by atoms with Gasteiger partial charge in [0.1, 0.15) is 11.5 Å². The van der Waals surface area contributed by atoms with E-state index in [0.717, 1.165) is 34.0 Å². The number of pyridine rings is 1. The van der Waals surface area contributed by atoms with Gasteiger partial charge in [0, 0.05) is 18.0 Å². The summed E-state index contributed by atoms with van der Waals surface area (Å²) < 4.78 is 8.47. The van der Waals surface area contributed by atoms with Gasteiger partial charge in [-0.05, 0) is 72.5 Å². The molecular weight excluding hydrogens is 478 g/mol. The first-order chi connectivity index (χ1) is 19.2. The molecule has 0 spiro atoms. The van der Waals surface area contributed by atoms with Gasteiger partial charge in [0.15, 0.2) is 0 Å². The molecule has 190 valence electrons. The van der Waals surface area contributed by atoms with Gasteiger partial charge < -0.3 is 9.30 Å². The maximum Gasteiger partial charge on any atom is 0.128 e. The second-order valence-electron chi connectivity index (χ2n) is 9.71. The van der Waals surface area contributed by atoms with Gasteiger partial charge in [-0.3, -0.25) is 4.98 Å². The summed E-state index contributed by atoms with van der Waals surface area (Å²) in [5.41, 5.74) is 8.82. The van der Waals surface area contributed by atoms with Gasteiger partial charge in [-0.1, -0.05) is 78.9 Å². The Labute approximate surface area is 229 Å². The minimum absolute atomic E-state index is 0.0103. The van der Waals surface area contributed by atoms with E-state index >= 15 is 0 Å². The van der Waals surface area contributed by atoms with Crippen molar-refractivity contribution in [2.75, 3.05) is 0 Å². The lowest BCUT2D eigenvalue weighted by molar-refractivity contribution is 0.482. The predicted octanol–water partition coefficient (Wildman–Crippen LogP) is 8.52. The van der Waals surface area contributed by atoms with Gasteiger partial charge in [0.25, 0.3) is 0 Å². The van der Waals surface area contributed by atoms with Crippen molar-refractivity contribution < 1.29 is 4.74 Å². The summed E-state index contributed by atoms with van der Waals surface area (Å²) in [7, 11) is 0. The molecule has 0 aliphatic heterocycles. The van der Waals surface area contributed by atoms with Crippen molar-refractivity contribution >= 4 is 0 Å². The van der Waals surface area contributed by atoms with Crippen LogP contribution < -0.4 is 4.74 Å². The Morgan fingerprint density at radius 1 is 0.641 bits per heavy atom. The van der Waals surface area contributed by atoms with E-state index in [1.807, 2.05) is 61.1 Å². The van der Waals surface area contributed by atoms with E-state index in [0.29, 0.717) is 0 Å². The molecule has 0 amide bonds. The highest BCUT2D eigenvalue weighted by Gasteiger charge is 2.18. The largest absolute Gasteiger partial charge is 0.457 e. The zero-order valence-electron chi connectivity index (χ0n) is 22.0. The molecule has 0 saturated heterocycles. The number of aromatic nitrogens is 3. The number of hydrogen-bond donors (Lipinski definition) is 0. The highest BCUT2D eigenvalue weighted by atomic mass is 16.5. The van der Waals surface area contributed by atoms with Gasteiger partial charge in [0.05, 0.1) is 29.3 Å². The fourth-order valence-electron chi connectivity index (χ4n) is 5.15. The van der Waals surface area contributed by atoms with Crippen LogP contribution in [0.2, 0.25) is 0 Å². The van der Waals surface area contributed by atoms with Crippen molar-refractivity contribution in [3.8, 4) is 28.4 Å². The first kappa shape index (κ1) is 24.4. The second kappa shape index (κ2) is 10.8. The molecule has 2 heterocycles. The van der Waals surface area contributed by atoms with Crippen molar-refractivity contribution in [2.24, 2.45) is 0 Å². The number of nitrogens with zero attached hydrogens (tertiary/aromatic N) is 3. The van der Waals surface area contributed by atoms with Crippen molar-refractivity contribution in [1.82, 2.24) is 14.5 Å². The van der Waals surface area contributed by atoms with Crippen LogP contribution in [-0.2, 0) is 0 Å². The molecule has 0 aliphatic rings. The number of aryl methyl sites for hydroxylation is 2. The number of hydrogen-bond acceptors (Lipinski definition) is 3. The first-order valence-corrected chi connectivity index (χ1v) is 13.1. The van der Waals surface area contributed by atoms with Gasteiger partial charge in [0.2, 0.25) is 0 Å². The minimum atomic E-state index is 0.0103. The zero-order valence-corrected chi connectivity index (χ0v) is 22.0. The summed E-state index contributed by atoms with van der Waals surface area (Å²) in [6.45, 7) is 4.25. The van der Waals surface area contributed by atoms with Gasteiger partial charge in [-0.25, -0.2) is 4.98 Å². The summed E-state index contributed by atoms with van der Waals surface area (Å²) in [6.07, 6.45) is 5.80. The summed E-state index contributed by atoms with van der Waals surface area (Å²) in [5, 5.41) is 0. The SMILES string of the molecule is Cc1cccc(C)c1-n1cnc(-c2cccc(Oc3cccc(C(c4ccccc4)c4ccccn4)c3)c2)c1. The second-order valence-corrected chi connectivity index (χ2v) is 9.71. The van der Waals surface area contributed by atoms with Crippen molar-refractivity contribution in [3.05, 3.63) is 162 Å². The normalized spacial score (nSPS) is 11.7. The maximum absolute atomic E-state index is 6.38. The third-order valence-corrected chi connectivity index (χ3v) is 6.95. The van der Waals surface area contributed by atoms with E-state index in [1.165, 1.54) is 22.4 Å². The topological polar surface area (TPSA) is 39.9 Å². The van der Waals surface area contributed by atoms with Gasteiger partial charge >= 0.3 is 0 Å². The van der Waals surface area contributed by atoms with Gasteiger partial charge in [-0.2, -0.15) is 0 Å². The molecule has 1 unspecified atom stereocenters. The molecular formula is C35H29N3O. The Kier molecular flexibility index (Phi) is 6.75. The monoisotopic (exact) mass is 507 g/mol. The Balaban J connectivity index is 1.29. The Morgan fingerprint density at radius 2 is 1.33 bits per heavy atom. The summed E-state index contributed by atoms with van der Waals surface area (Å²) >= 11 is 0. The molecule has 2 aromatic heterocycles. The highest BCUT2D eigenvalue weighted by molar-refractivity contribution is 5.62. The van der Waals surface area contributed by atoms with Crippen LogP contribution in [0.5, 0.6) is 11.5 Å². The Hall–Kier alpha value is -4.96. The molecule has 4 heteroatoms. The molecule has 4 aromatic carbocycles. The molecule has 0 saturated carbocycles. The first-order valence-electron chi connectivity index (χ1n) is 13.1. The molecule has 1 atom stereocenters.